The Morgan fingerprint density at radius 3 is 2.87 bits per heavy atom. The maximum absolute atomic E-state index is 4.60. The van der Waals surface area contributed by atoms with Crippen LogP contribution in [0.25, 0.3) is 5.65 Å². The van der Waals surface area contributed by atoms with E-state index in [4.69, 9.17) is 0 Å². The smallest absolute Gasteiger partial charge is 0.169 e. The van der Waals surface area contributed by atoms with Gasteiger partial charge in [0.15, 0.2) is 11.5 Å². The van der Waals surface area contributed by atoms with Crippen LogP contribution in [0.3, 0.4) is 0 Å². The molecule has 0 N–H and O–H groups in total. The summed E-state index contributed by atoms with van der Waals surface area (Å²) >= 11 is 3.50. The molecule has 3 rings (SSSR count). The van der Waals surface area contributed by atoms with E-state index in [-0.39, 0.29) is 0 Å². The van der Waals surface area contributed by atoms with Gasteiger partial charge in [0.2, 0.25) is 0 Å². The van der Waals surface area contributed by atoms with E-state index in [0.717, 1.165) is 15.9 Å². The Morgan fingerprint density at radius 2 is 2.13 bits per heavy atom. The summed E-state index contributed by atoms with van der Waals surface area (Å²) in [5, 5.41) is 4.53. The van der Waals surface area contributed by atoms with Crippen molar-refractivity contribution in [1.82, 2.24) is 14.6 Å². The standard InChI is InChI=1S/C11H12BrN3/c12-9-6-3-7-15-11(9)13-10(14-15)8-4-1-2-5-8/h3,6-8H,1-2,4-5H2. The molecule has 1 aliphatic rings. The lowest BCUT2D eigenvalue weighted by Crippen LogP contribution is -1.95. The minimum Gasteiger partial charge on any atom is -0.220 e. The molecule has 0 amide bonds. The lowest BCUT2D eigenvalue weighted by Gasteiger charge is -2.00. The van der Waals surface area contributed by atoms with E-state index in [0.29, 0.717) is 5.92 Å². The first-order valence-corrected chi connectivity index (χ1v) is 6.15. The highest BCUT2D eigenvalue weighted by atomic mass is 79.9. The number of hydrogen-bond acceptors (Lipinski definition) is 2. The fourth-order valence-electron chi connectivity index (χ4n) is 2.25. The highest BCUT2D eigenvalue weighted by Gasteiger charge is 2.21. The molecule has 0 unspecified atom stereocenters. The van der Waals surface area contributed by atoms with Crippen molar-refractivity contribution >= 4 is 21.6 Å². The molecule has 0 spiro atoms. The molecule has 0 saturated heterocycles. The van der Waals surface area contributed by atoms with Gasteiger partial charge in [0.25, 0.3) is 0 Å². The Balaban J connectivity index is 2.09. The molecule has 0 bridgehead atoms. The zero-order chi connectivity index (χ0) is 10.3. The molecule has 0 atom stereocenters. The monoisotopic (exact) mass is 265 g/mol. The fourth-order valence-corrected chi connectivity index (χ4v) is 2.67. The minimum atomic E-state index is 0.580. The third-order valence-electron chi connectivity index (χ3n) is 3.05. The maximum atomic E-state index is 4.60. The molecule has 3 nitrogen and oxygen atoms in total. The molecule has 78 valence electrons. The van der Waals surface area contributed by atoms with Crippen LogP contribution in [0, 0.1) is 0 Å². The Hall–Kier alpha value is -0.900. The van der Waals surface area contributed by atoms with Crippen molar-refractivity contribution in [3.63, 3.8) is 0 Å². The van der Waals surface area contributed by atoms with Gasteiger partial charge in [-0.25, -0.2) is 9.50 Å². The Kier molecular flexibility index (Phi) is 2.24. The van der Waals surface area contributed by atoms with Gasteiger partial charge < -0.3 is 0 Å². The molecule has 2 heterocycles. The average Bonchev–Trinajstić information content (AvgIpc) is 2.86. The van der Waals surface area contributed by atoms with E-state index in [1.165, 1.54) is 25.7 Å². The van der Waals surface area contributed by atoms with E-state index in [2.05, 4.69) is 26.0 Å². The third kappa shape index (κ3) is 1.57. The number of pyridine rings is 1. The van der Waals surface area contributed by atoms with Gasteiger partial charge in [-0.2, -0.15) is 5.10 Å². The van der Waals surface area contributed by atoms with E-state index in [1.807, 2.05) is 22.8 Å². The quantitative estimate of drug-likeness (QED) is 0.793. The molecule has 2 aromatic heterocycles. The summed E-state index contributed by atoms with van der Waals surface area (Å²) < 4.78 is 2.87. The fraction of sp³-hybridized carbons (Fsp3) is 0.455. The van der Waals surface area contributed by atoms with Crippen molar-refractivity contribution in [2.75, 3.05) is 0 Å². The van der Waals surface area contributed by atoms with Crippen LogP contribution in [0.2, 0.25) is 0 Å². The van der Waals surface area contributed by atoms with Crippen LogP contribution in [0.4, 0.5) is 0 Å². The minimum absolute atomic E-state index is 0.580. The molecule has 2 aromatic rings. The van der Waals surface area contributed by atoms with Crippen molar-refractivity contribution in [3.05, 3.63) is 28.6 Å². The van der Waals surface area contributed by atoms with Crippen LogP contribution in [0.5, 0.6) is 0 Å². The maximum Gasteiger partial charge on any atom is 0.169 e. The SMILES string of the molecule is Brc1cccn2nc(C3CCCC3)nc12. The molecule has 1 saturated carbocycles. The van der Waals surface area contributed by atoms with Gasteiger partial charge in [0.05, 0.1) is 4.47 Å². The van der Waals surface area contributed by atoms with Gasteiger partial charge in [0, 0.05) is 12.1 Å². The first-order valence-electron chi connectivity index (χ1n) is 5.35. The highest BCUT2D eigenvalue weighted by molar-refractivity contribution is 9.10. The van der Waals surface area contributed by atoms with Gasteiger partial charge in [-0.05, 0) is 40.9 Å². The van der Waals surface area contributed by atoms with Crippen LogP contribution < -0.4 is 0 Å². The number of hydrogen-bond donors (Lipinski definition) is 0. The number of rotatable bonds is 1. The summed E-state index contributed by atoms with van der Waals surface area (Å²) in [6.07, 6.45) is 7.08. The topological polar surface area (TPSA) is 30.2 Å². The van der Waals surface area contributed by atoms with Crippen molar-refractivity contribution < 1.29 is 0 Å². The van der Waals surface area contributed by atoms with E-state index >= 15 is 0 Å². The number of halogens is 1. The molecular weight excluding hydrogens is 254 g/mol. The summed E-state index contributed by atoms with van der Waals surface area (Å²) in [6, 6.07) is 3.98. The second-order valence-electron chi connectivity index (χ2n) is 4.08. The number of nitrogens with zero attached hydrogens (tertiary/aromatic N) is 3. The first-order chi connectivity index (χ1) is 7.34. The summed E-state index contributed by atoms with van der Waals surface area (Å²) in [5.41, 5.74) is 0.930. The summed E-state index contributed by atoms with van der Waals surface area (Å²) in [7, 11) is 0. The molecule has 1 aliphatic carbocycles. The largest absolute Gasteiger partial charge is 0.220 e. The molecule has 0 radical (unpaired) electrons. The predicted molar refractivity (Wildman–Crippen MR) is 61.9 cm³/mol. The van der Waals surface area contributed by atoms with Crippen molar-refractivity contribution in [3.8, 4) is 0 Å². The summed E-state index contributed by atoms with van der Waals surface area (Å²) in [4.78, 5) is 4.60. The second-order valence-corrected chi connectivity index (χ2v) is 4.93. The summed E-state index contributed by atoms with van der Waals surface area (Å²) in [5.74, 6) is 1.59. The van der Waals surface area contributed by atoms with Gasteiger partial charge in [-0.1, -0.05) is 12.8 Å². The lowest BCUT2D eigenvalue weighted by molar-refractivity contribution is 0.666. The average molecular weight is 266 g/mol. The zero-order valence-electron chi connectivity index (χ0n) is 8.36. The lowest BCUT2D eigenvalue weighted by atomic mass is 10.1. The van der Waals surface area contributed by atoms with Crippen molar-refractivity contribution in [2.45, 2.75) is 31.6 Å². The van der Waals surface area contributed by atoms with Crippen LogP contribution >= 0.6 is 15.9 Å². The normalized spacial score (nSPS) is 17.7. The zero-order valence-corrected chi connectivity index (χ0v) is 9.94. The molecule has 0 aliphatic heterocycles. The van der Waals surface area contributed by atoms with Crippen LogP contribution in [0.1, 0.15) is 37.4 Å². The van der Waals surface area contributed by atoms with Gasteiger partial charge in [-0.3, -0.25) is 0 Å². The first kappa shape index (κ1) is 9.33. The number of fused-ring (bicyclic) bond motifs is 1. The molecule has 0 aromatic carbocycles. The van der Waals surface area contributed by atoms with Crippen molar-refractivity contribution in [1.29, 1.82) is 0 Å². The van der Waals surface area contributed by atoms with Crippen LogP contribution in [0.15, 0.2) is 22.8 Å². The molecule has 4 heteroatoms. The van der Waals surface area contributed by atoms with E-state index in [1.54, 1.807) is 0 Å². The Morgan fingerprint density at radius 1 is 1.33 bits per heavy atom. The van der Waals surface area contributed by atoms with E-state index in [9.17, 15) is 0 Å². The summed E-state index contributed by atoms with van der Waals surface area (Å²) in [6.45, 7) is 0. The predicted octanol–water partition coefficient (Wildman–Crippen LogP) is 3.15. The second kappa shape index (κ2) is 3.59. The van der Waals surface area contributed by atoms with E-state index < -0.39 is 0 Å². The number of aromatic nitrogens is 3. The van der Waals surface area contributed by atoms with Crippen LogP contribution in [-0.4, -0.2) is 14.6 Å². The molecular formula is C11H12BrN3. The molecule has 1 fully saturated rings. The van der Waals surface area contributed by atoms with Crippen LogP contribution in [-0.2, 0) is 0 Å². The van der Waals surface area contributed by atoms with Crippen molar-refractivity contribution in [2.24, 2.45) is 0 Å². The van der Waals surface area contributed by atoms with Gasteiger partial charge >= 0.3 is 0 Å². The Bertz CT molecular complexity index is 486. The van der Waals surface area contributed by atoms with Gasteiger partial charge in [0.1, 0.15) is 0 Å². The highest BCUT2D eigenvalue weighted by Crippen LogP contribution is 2.32. The van der Waals surface area contributed by atoms with Gasteiger partial charge in [-0.15, -0.1) is 0 Å². The Labute approximate surface area is 96.6 Å². The third-order valence-corrected chi connectivity index (χ3v) is 3.67. The molecule has 15 heavy (non-hydrogen) atoms.